The molecule has 0 fully saturated rings. The maximum atomic E-state index is 13.0. The van der Waals surface area contributed by atoms with Crippen molar-refractivity contribution in [3.8, 4) is 0 Å². The topological polar surface area (TPSA) is 237 Å². The van der Waals surface area contributed by atoms with Gasteiger partial charge in [0.25, 0.3) is 0 Å². The van der Waals surface area contributed by atoms with Crippen molar-refractivity contribution in [3.63, 3.8) is 0 Å². The van der Waals surface area contributed by atoms with Crippen LogP contribution >= 0.6 is 15.6 Å². The summed E-state index contributed by atoms with van der Waals surface area (Å²) in [6, 6.07) is 0. The lowest BCUT2D eigenvalue weighted by Crippen LogP contribution is -2.30. The standard InChI is InChI=1S/C70H136O17P2/c1-9-63(8)49-41-33-25-18-21-29-37-45-53-70(75)87-66(57-81-68(73)51-43-35-27-20-17-24-32-40-48-62(6)7)59-85-89(78,79)83-55-64(71)54-82-88(76,77)84-58-65(56-80-67(72)50-42-34-26-19-16-23-31-39-47-61(4)5)86-69(74)52-44-36-28-15-13-11-10-12-14-22-30-38-46-60(2)3/h60-66,71H,9-59H2,1-8H3,(H,76,77)(H,78,79)/t63?,64?,65-,66-/m1/s1. The van der Waals surface area contributed by atoms with Crippen LogP contribution in [0.3, 0.4) is 0 Å². The fraction of sp³-hybridized carbons (Fsp3) is 0.943. The van der Waals surface area contributed by atoms with Gasteiger partial charge in [0.15, 0.2) is 12.2 Å². The number of aliphatic hydroxyl groups is 1. The number of carbonyl (C=O) groups excluding carboxylic acids is 4. The lowest BCUT2D eigenvalue weighted by molar-refractivity contribution is -0.161. The Bertz CT molecular complexity index is 1770. The highest BCUT2D eigenvalue weighted by molar-refractivity contribution is 7.47. The second-order valence-corrected chi connectivity index (χ2v) is 29.8. The van der Waals surface area contributed by atoms with E-state index in [0.717, 1.165) is 114 Å². The van der Waals surface area contributed by atoms with E-state index in [9.17, 15) is 43.2 Å². The first-order chi connectivity index (χ1) is 42.6. The van der Waals surface area contributed by atoms with Crippen LogP contribution in [-0.4, -0.2) is 96.7 Å². The van der Waals surface area contributed by atoms with E-state index in [1.54, 1.807) is 0 Å². The molecular formula is C70H136O17P2. The normalized spacial score (nSPS) is 14.6. The van der Waals surface area contributed by atoms with E-state index in [-0.39, 0.29) is 25.7 Å². The van der Waals surface area contributed by atoms with Gasteiger partial charge >= 0.3 is 39.5 Å². The molecule has 0 aliphatic carbocycles. The second kappa shape index (κ2) is 59.8. The number of esters is 4. The first-order valence-corrected chi connectivity index (χ1v) is 39.2. The molecule has 0 saturated carbocycles. The molecule has 19 heteroatoms. The molecule has 0 rings (SSSR count). The van der Waals surface area contributed by atoms with Crippen LogP contribution in [0.4, 0.5) is 0 Å². The van der Waals surface area contributed by atoms with Crippen LogP contribution in [-0.2, 0) is 65.4 Å². The Morgan fingerprint density at radius 3 is 0.798 bits per heavy atom. The van der Waals surface area contributed by atoms with Crippen LogP contribution in [0.2, 0.25) is 0 Å². The molecule has 0 radical (unpaired) electrons. The smallest absolute Gasteiger partial charge is 0.462 e. The Morgan fingerprint density at radius 2 is 0.539 bits per heavy atom. The zero-order chi connectivity index (χ0) is 66.1. The highest BCUT2D eigenvalue weighted by Crippen LogP contribution is 2.45. The minimum absolute atomic E-state index is 0.104. The van der Waals surface area contributed by atoms with Crippen LogP contribution in [0, 0.1) is 23.7 Å². The third-order valence-corrected chi connectivity index (χ3v) is 18.3. The zero-order valence-electron chi connectivity index (χ0n) is 58.1. The van der Waals surface area contributed by atoms with E-state index in [2.05, 4.69) is 55.4 Å². The molecule has 0 aromatic heterocycles. The number of phosphoric acid groups is 2. The van der Waals surface area contributed by atoms with Crippen molar-refractivity contribution in [2.75, 3.05) is 39.6 Å². The predicted octanol–water partition coefficient (Wildman–Crippen LogP) is 19.7. The van der Waals surface area contributed by atoms with E-state index < -0.39 is 97.5 Å². The molecule has 3 N–H and O–H groups in total. The van der Waals surface area contributed by atoms with E-state index in [1.807, 2.05) is 0 Å². The van der Waals surface area contributed by atoms with Crippen molar-refractivity contribution in [1.82, 2.24) is 0 Å². The van der Waals surface area contributed by atoms with Crippen molar-refractivity contribution in [2.45, 2.75) is 363 Å². The van der Waals surface area contributed by atoms with Gasteiger partial charge in [-0.05, 0) is 49.4 Å². The van der Waals surface area contributed by atoms with E-state index in [1.165, 1.54) is 148 Å². The lowest BCUT2D eigenvalue weighted by atomic mass is 9.99. The lowest BCUT2D eigenvalue weighted by Gasteiger charge is -2.21. The molecule has 0 aromatic rings. The second-order valence-electron chi connectivity index (χ2n) is 26.9. The third kappa shape index (κ3) is 63.2. The molecule has 0 heterocycles. The zero-order valence-corrected chi connectivity index (χ0v) is 59.8. The Hall–Kier alpha value is -1.94. The Kier molecular flexibility index (Phi) is 58.5. The summed E-state index contributed by atoms with van der Waals surface area (Å²) in [4.78, 5) is 72.5. The summed E-state index contributed by atoms with van der Waals surface area (Å²) in [5.74, 6) is 0.868. The Balaban J connectivity index is 5.27. The molecule has 4 unspecified atom stereocenters. The molecule has 0 saturated heterocycles. The van der Waals surface area contributed by atoms with Crippen LogP contribution in [0.1, 0.15) is 344 Å². The van der Waals surface area contributed by atoms with Gasteiger partial charge in [-0.2, -0.15) is 0 Å². The summed E-state index contributed by atoms with van der Waals surface area (Å²) < 4.78 is 68.3. The van der Waals surface area contributed by atoms with Crippen LogP contribution in [0.5, 0.6) is 0 Å². The summed E-state index contributed by atoms with van der Waals surface area (Å²) in [5.41, 5.74) is 0. The first-order valence-electron chi connectivity index (χ1n) is 36.2. The van der Waals surface area contributed by atoms with Crippen molar-refractivity contribution in [2.24, 2.45) is 23.7 Å². The fourth-order valence-electron chi connectivity index (χ4n) is 10.5. The molecule has 0 spiro atoms. The van der Waals surface area contributed by atoms with E-state index >= 15 is 0 Å². The van der Waals surface area contributed by atoms with Crippen LogP contribution < -0.4 is 0 Å². The van der Waals surface area contributed by atoms with Gasteiger partial charge in [-0.1, -0.05) is 293 Å². The quantitative estimate of drug-likeness (QED) is 0.0222. The minimum atomic E-state index is -4.95. The maximum Gasteiger partial charge on any atom is 0.472 e. The summed E-state index contributed by atoms with van der Waals surface area (Å²) >= 11 is 0. The summed E-state index contributed by atoms with van der Waals surface area (Å²) in [6.45, 7) is 14.1. The third-order valence-electron chi connectivity index (χ3n) is 16.4. The number of unbranched alkanes of at least 4 members (excludes halogenated alkanes) is 32. The fourth-order valence-corrected chi connectivity index (χ4v) is 12.0. The minimum Gasteiger partial charge on any atom is -0.462 e. The molecule has 0 aliphatic rings. The molecule has 6 atom stereocenters. The average molecular weight is 1310 g/mol. The SMILES string of the molecule is CCC(C)CCCCCCCCCCC(=O)O[C@H](COC(=O)CCCCCCCCCCC(C)C)COP(=O)(O)OCC(O)COP(=O)(O)OC[C@@H](COC(=O)CCCCCCCCCCC(C)C)OC(=O)CCCCCCCCCCCCCCC(C)C. The maximum absolute atomic E-state index is 13.0. The molecular weight excluding hydrogens is 1170 g/mol. The number of ether oxygens (including phenoxy) is 4. The molecule has 17 nitrogen and oxygen atoms in total. The number of aliphatic hydroxyl groups excluding tert-OH is 1. The molecule has 0 bridgehead atoms. The van der Waals surface area contributed by atoms with Gasteiger partial charge in [-0.25, -0.2) is 9.13 Å². The van der Waals surface area contributed by atoms with Crippen molar-refractivity contribution < 1.29 is 80.2 Å². The van der Waals surface area contributed by atoms with Crippen LogP contribution in [0.25, 0.3) is 0 Å². The van der Waals surface area contributed by atoms with Gasteiger partial charge < -0.3 is 33.8 Å². The van der Waals surface area contributed by atoms with Crippen LogP contribution in [0.15, 0.2) is 0 Å². The number of carbonyl (C=O) groups is 4. The highest BCUT2D eigenvalue weighted by atomic mass is 31.2. The average Bonchev–Trinajstić information content (AvgIpc) is 3.59. The molecule has 528 valence electrons. The molecule has 0 aromatic carbocycles. The van der Waals surface area contributed by atoms with E-state index in [4.69, 9.17) is 37.0 Å². The van der Waals surface area contributed by atoms with Crippen molar-refractivity contribution >= 4 is 39.5 Å². The first kappa shape index (κ1) is 87.1. The highest BCUT2D eigenvalue weighted by Gasteiger charge is 2.30. The monoisotopic (exact) mass is 1310 g/mol. The van der Waals surface area contributed by atoms with Gasteiger partial charge in [0.2, 0.25) is 0 Å². The Morgan fingerprint density at radius 1 is 0.315 bits per heavy atom. The van der Waals surface area contributed by atoms with Gasteiger partial charge in [0, 0.05) is 25.7 Å². The van der Waals surface area contributed by atoms with Crippen molar-refractivity contribution in [3.05, 3.63) is 0 Å². The van der Waals surface area contributed by atoms with Gasteiger partial charge in [0.1, 0.15) is 19.3 Å². The number of phosphoric ester groups is 2. The number of hydrogen-bond donors (Lipinski definition) is 3. The van der Waals surface area contributed by atoms with Gasteiger partial charge in [0.05, 0.1) is 26.4 Å². The van der Waals surface area contributed by atoms with Crippen molar-refractivity contribution in [1.29, 1.82) is 0 Å². The molecule has 0 amide bonds. The summed E-state index contributed by atoms with van der Waals surface area (Å²) in [5, 5.41) is 10.6. The predicted molar refractivity (Wildman–Crippen MR) is 358 cm³/mol. The van der Waals surface area contributed by atoms with E-state index in [0.29, 0.717) is 25.7 Å². The Labute approximate surface area is 543 Å². The molecule has 0 aliphatic heterocycles. The van der Waals surface area contributed by atoms with Gasteiger partial charge in [-0.3, -0.25) is 37.3 Å². The summed E-state index contributed by atoms with van der Waals surface area (Å²) in [6.07, 6.45) is 41.7. The number of hydrogen-bond acceptors (Lipinski definition) is 15. The van der Waals surface area contributed by atoms with Gasteiger partial charge in [-0.15, -0.1) is 0 Å². The molecule has 89 heavy (non-hydrogen) atoms. The number of rotatable bonds is 67. The largest absolute Gasteiger partial charge is 0.472 e. The summed E-state index contributed by atoms with van der Waals surface area (Å²) in [7, 11) is -9.90.